The molecule has 8 heteroatoms. The number of hydrogen-bond acceptors (Lipinski definition) is 6. The molecule has 2 aromatic heterocycles. The predicted molar refractivity (Wildman–Crippen MR) is 81.1 cm³/mol. The van der Waals surface area contributed by atoms with Crippen molar-refractivity contribution in [3.63, 3.8) is 0 Å². The first kappa shape index (κ1) is 14.9. The Morgan fingerprint density at radius 3 is 2.81 bits per heavy atom. The van der Waals surface area contributed by atoms with Crippen LogP contribution >= 0.6 is 23.1 Å². The number of imidazole rings is 1. The fraction of sp³-hybridized carbons (Fsp3) is 0.615. The van der Waals surface area contributed by atoms with Crippen molar-refractivity contribution >= 4 is 23.1 Å². The Morgan fingerprint density at radius 2 is 2.24 bits per heavy atom. The molecule has 114 valence electrons. The summed E-state index contributed by atoms with van der Waals surface area (Å²) in [4.78, 5) is 6.56. The van der Waals surface area contributed by atoms with E-state index in [1.807, 2.05) is 17.8 Å². The van der Waals surface area contributed by atoms with Crippen molar-refractivity contribution < 1.29 is 5.11 Å². The van der Waals surface area contributed by atoms with E-state index >= 15 is 0 Å². The van der Waals surface area contributed by atoms with Gasteiger partial charge in [-0.2, -0.15) is 0 Å². The van der Waals surface area contributed by atoms with Gasteiger partial charge in [0.2, 0.25) is 0 Å². The third-order valence-electron chi connectivity index (χ3n) is 4.08. The lowest BCUT2D eigenvalue weighted by Gasteiger charge is -2.33. The van der Waals surface area contributed by atoms with Crippen molar-refractivity contribution in [2.24, 2.45) is 13.0 Å². The summed E-state index contributed by atoms with van der Waals surface area (Å²) >= 11 is 7.26. The van der Waals surface area contributed by atoms with E-state index in [0.717, 1.165) is 44.0 Å². The molecule has 1 atom stereocenters. The van der Waals surface area contributed by atoms with Crippen molar-refractivity contribution in [1.82, 2.24) is 24.0 Å². The number of aliphatic hydroxyl groups excluding tert-OH is 1. The Balaban J connectivity index is 1.55. The van der Waals surface area contributed by atoms with Crippen LogP contribution in [0.3, 0.4) is 0 Å². The van der Waals surface area contributed by atoms with Crippen LogP contribution in [-0.2, 0) is 13.6 Å². The molecule has 1 N–H and O–H groups in total. The first-order valence-electron chi connectivity index (χ1n) is 6.99. The molecule has 3 rings (SSSR count). The maximum atomic E-state index is 10.5. The molecule has 0 aromatic carbocycles. The van der Waals surface area contributed by atoms with E-state index in [0.29, 0.717) is 4.34 Å². The van der Waals surface area contributed by atoms with Gasteiger partial charge in [-0.05, 0) is 31.8 Å². The lowest BCUT2D eigenvalue weighted by molar-refractivity contribution is 0.0489. The quantitative estimate of drug-likeness (QED) is 0.928. The SMILES string of the molecule is Cn1ccnc1C(O)C1CCN(Cc2nnsc2Cl)CC1. The molecule has 0 aliphatic carbocycles. The Kier molecular flexibility index (Phi) is 4.54. The first-order chi connectivity index (χ1) is 10.1. The molecule has 3 heterocycles. The highest BCUT2D eigenvalue weighted by molar-refractivity contribution is 7.10. The fourth-order valence-electron chi connectivity index (χ4n) is 2.80. The zero-order valence-electron chi connectivity index (χ0n) is 11.8. The second kappa shape index (κ2) is 6.39. The molecule has 21 heavy (non-hydrogen) atoms. The van der Waals surface area contributed by atoms with Gasteiger partial charge in [-0.15, -0.1) is 5.10 Å². The van der Waals surface area contributed by atoms with E-state index in [9.17, 15) is 5.11 Å². The summed E-state index contributed by atoms with van der Waals surface area (Å²) in [6.07, 6.45) is 5.00. The van der Waals surface area contributed by atoms with Gasteiger partial charge < -0.3 is 9.67 Å². The Labute approximate surface area is 132 Å². The van der Waals surface area contributed by atoms with Gasteiger partial charge in [-0.3, -0.25) is 4.90 Å². The minimum atomic E-state index is -0.489. The molecule has 1 fully saturated rings. The number of rotatable bonds is 4. The van der Waals surface area contributed by atoms with Gasteiger partial charge >= 0.3 is 0 Å². The highest BCUT2D eigenvalue weighted by Gasteiger charge is 2.28. The number of likely N-dealkylation sites (tertiary alicyclic amines) is 1. The Bertz CT molecular complexity index is 593. The van der Waals surface area contributed by atoms with E-state index in [4.69, 9.17) is 11.6 Å². The normalized spacial score (nSPS) is 19.0. The number of piperidine rings is 1. The summed E-state index contributed by atoms with van der Waals surface area (Å²) in [6, 6.07) is 0. The van der Waals surface area contributed by atoms with Crippen molar-refractivity contribution in [3.05, 3.63) is 28.2 Å². The Morgan fingerprint density at radius 1 is 1.48 bits per heavy atom. The van der Waals surface area contributed by atoms with Gasteiger partial charge in [0, 0.05) is 37.5 Å². The summed E-state index contributed by atoms with van der Waals surface area (Å²) in [7, 11) is 1.91. The zero-order valence-corrected chi connectivity index (χ0v) is 13.4. The minimum Gasteiger partial charge on any atom is -0.385 e. The van der Waals surface area contributed by atoms with Crippen LogP contribution in [0.4, 0.5) is 0 Å². The molecule has 0 amide bonds. The van der Waals surface area contributed by atoms with Crippen LogP contribution in [0.15, 0.2) is 12.4 Å². The predicted octanol–water partition coefficient (Wildman–Crippen LogP) is 1.87. The molecule has 2 aromatic rings. The highest BCUT2D eigenvalue weighted by atomic mass is 35.5. The molecule has 0 spiro atoms. The van der Waals surface area contributed by atoms with E-state index < -0.39 is 6.10 Å². The molecule has 1 saturated heterocycles. The van der Waals surface area contributed by atoms with Gasteiger partial charge in [0.1, 0.15) is 22.0 Å². The topological polar surface area (TPSA) is 67.1 Å². The standard InChI is InChI=1S/C13H18ClN5OS/c1-18-7-4-15-13(18)11(20)9-2-5-19(6-3-9)8-10-12(14)21-17-16-10/h4,7,9,11,20H,2-3,5-6,8H2,1H3. The minimum absolute atomic E-state index is 0.256. The van der Waals surface area contributed by atoms with Crippen molar-refractivity contribution in [1.29, 1.82) is 0 Å². The molecule has 6 nitrogen and oxygen atoms in total. The molecular formula is C13H18ClN5OS. The maximum absolute atomic E-state index is 10.5. The molecule has 1 aliphatic heterocycles. The highest BCUT2D eigenvalue weighted by Crippen LogP contribution is 2.30. The molecule has 0 saturated carbocycles. The monoisotopic (exact) mass is 327 g/mol. The lowest BCUT2D eigenvalue weighted by Crippen LogP contribution is -2.35. The van der Waals surface area contributed by atoms with Crippen LogP contribution in [0.5, 0.6) is 0 Å². The van der Waals surface area contributed by atoms with Crippen molar-refractivity contribution in [2.45, 2.75) is 25.5 Å². The molecule has 0 bridgehead atoms. The summed E-state index contributed by atoms with van der Waals surface area (Å²) in [5, 5.41) is 14.5. The number of hydrogen-bond donors (Lipinski definition) is 1. The smallest absolute Gasteiger partial charge is 0.138 e. The van der Waals surface area contributed by atoms with Gasteiger partial charge in [0.25, 0.3) is 0 Å². The number of aliphatic hydroxyl groups is 1. The van der Waals surface area contributed by atoms with Crippen LogP contribution in [0.25, 0.3) is 0 Å². The molecular weight excluding hydrogens is 310 g/mol. The van der Waals surface area contributed by atoms with Gasteiger partial charge in [-0.25, -0.2) is 4.98 Å². The zero-order chi connectivity index (χ0) is 14.8. The van der Waals surface area contributed by atoms with Gasteiger partial charge in [0.15, 0.2) is 0 Å². The van der Waals surface area contributed by atoms with Crippen molar-refractivity contribution in [2.75, 3.05) is 13.1 Å². The number of nitrogens with zero attached hydrogens (tertiary/aromatic N) is 5. The molecule has 1 aliphatic rings. The third-order valence-corrected chi connectivity index (χ3v) is 5.07. The summed E-state index contributed by atoms with van der Waals surface area (Å²) in [6.45, 7) is 2.60. The number of aryl methyl sites for hydroxylation is 1. The maximum Gasteiger partial charge on any atom is 0.138 e. The van der Waals surface area contributed by atoms with Crippen LogP contribution in [-0.4, -0.2) is 42.2 Å². The van der Waals surface area contributed by atoms with Crippen molar-refractivity contribution in [3.8, 4) is 0 Å². The van der Waals surface area contributed by atoms with E-state index in [1.54, 1.807) is 6.20 Å². The number of aromatic nitrogens is 4. The van der Waals surface area contributed by atoms with Crippen LogP contribution in [0.1, 0.15) is 30.5 Å². The second-order valence-electron chi connectivity index (χ2n) is 5.45. The average molecular weight is 328 g/mol. The largest absolute Gasteiger partial charge is 0.385 e. The molecule has 0 radical (unpaired) electrons. The average Bonchev–Trinajstić information content (AvgIpc) is 3.08. The Hall–Kier alpha value is -1.02. The van der Waals surface area contributed by atoms with E-state index in [-0.39, 0.29) is 5.92 Å². The second-order valence-corrected chi connectivity index (χ2v) is 6.80. The summed E-state index contributed by atoms with van der Waals surface area (Å²) in [5.74, 6) is 1.01. The fourth-order valence-corrected chi connectivity index (χ4v) is 3.41. The van der Waals surface area contributed by atoms with Crippen LogP contribution in [0.2, 0.25) is 4.34 Å². The third kappa shape index (κ3) is 3.26. The summed E-state index contributed by atoms with van der Waals surface area (Å²) < 4.78 is 6.41. The number of halogens is 1. The van der Waals surface area contributed by atoms with Gasteiger partial charge in [0.05, 0.1) is 0 Å². The van der Waals surface area contributed by atoms with Crippen LogP contribution in [0, 0.1) is 5.92 Å². The summed E-state index contributed by atoms with van der Waals surface area (Å²) in [5.41, 5.74) is 0.852. The van der Waals surface area contributed by atoms with E-state index in [1.165, 1.54) is 11.5 Å². The lowest BCUT2D eigenvalue weighted by atomic mass is 9.90. The van der Waals surface area contributed by atoms with Crippen LogP contribution < -0.4 is 0 Å². The first-order valence-corrected chi connectivity index (χ1v) is 8.14. The van der Waals surface area contributed by atoms with E-state index in [2.05, 4.69) is 19.5 Å². The van der Waals surface area contributed by atoms with Gasteiger partial charge in [-0.1, -0.05) is 16.1 Å². The molecule has 1 unspecified atom stereocenters.